The molecular formula is C26H19N3O2. The number of ketones is 1. The smallest absolute Gasteiger partial charge is 0.202 e. The van der Waals surface area contributed by atoms with Gasteiger partial charge in [-0.2, -0.15) is 10.5 Å². The minimum Gasteiger partial charge on any atom is -0.485 e. The van der Waals surface area contributed by atoms with E-state index in [9.17, 15) is 4.79 Å². The van der Waals surface area contributed by atoms with Gasteiger partial charge in [0.05, 0.1) is 24.1 Å². The Hall–Kier alpha value is -4.35. The molecule has 4 rings (SSSR count). The average molecular weight is 405 g/mol. The van der Waals surface area contributed by atoms with Crippen molar-refractivity contribution in [3.05, 3.63) is 90.1 Å². The second-order valence-electron chi connectivity index (χ2n) is 7.09. The van der Waals surface area contributed by atoms with Gasteiger partial charge >= 0.3 is 0 Å². The van der Waals surface area contributed by atoms with Crippen LogP contribution in [0.5, 0.6) is 5.75 Å². The fraction of sp³-hybridized carbons (Fsp3) is 0.115. The second-order valence-corrected chi connectivity index (χ2v) is 7.09. The summed E-state index contributed by atoms with van der Waals surface area (Å²) in [7, 11) is 0. The molecule has 1 heterocycles. The highest BCUT2D eigenvalue weighted by molar-refractivity contribution is 6.08. The van der Waals surface area contributed by atoms with Crippen molar-refractivity contribution in [2.45, 2.75) is 13.0 Å². The molecule has 0 amide bonds. The lowest BCUT2D eigenvalue weighted by Gasteiger charge is -2.07. The first-order valence-electron chi connectivity index (χ1n) is 9.91. The molecule has 0 bridgehead atoms. The predicted molar refractivity (Wildman–Crippen MR) is 119 cm³/mol. The van der Waals surface area contributed by atoms with Crippen LogP contribution < -0.4 is 4.74 Å². The highest BCUT2D eigenvalue weighted by Crippen LogP contribution is 2.25. The summed E-state index contributed by atoms with van der Waals surface area (Å²) in [5.41, 5.74) is 4.17. The monoisotopic (exact) mass is 405 g/mol. The zero-order chi connectivity index (χ0) is 21.6. The first-order valence-corrected chi connectivity index (χ1v) is 9.91. The highest BCUT2D eigenvalue weighted by Gasteiger charge is 2.15. The number of ether oxygens (including phenoxy) is 1. The molecule has 5 heteroatoms. The van der Waals surface area contributed by atoms with Gasteiger partial charge in [0.15, 0.2) is 6.61 Å². The quantitative estimate of drug-likeness (QED) is 0.388. The Morgan fingerprint density at radius 2 is 1.58 bits per heavy atom. The lowest BCUT2D eigenvalue weighted by Crippen LogP contribution is -2.11. The van der Waals surface area contributed by atoms with Crippen LogP contribution in [0.25, 0.3) is 22.0 Å². The topological polar surface area (TPSA) is 78.8 Å². The summed E-state index contributed by atoms with van der Waals surface area (Å²) in [6, 6.07) is 26.8. The van der Waals surface area contributed by atoms with E-state index in [4.69, 9.17) is 15.3 Å². The Morgan fingerprint density at radius 3 is 2.26 bits per heavy atom. The van der Waals surface area contributed by atoms with E-state index >= 15 is 0 Å². The van der Waals surface area contributed by atoms with E-state index in [0.29, 0.717) is 29.8 Å². The summed E-state index contributed by atoms with van der Waals surface area (Å²) in [6.45, 7) is 0.477. The number of carbonyl (C=O) groups is 1. The lowest BCUT2D eigenvalue weighted by atomic mass is 10.0. The third-order valence-electron chi connectivity index (χ3n) is 5.13. The summed E-state index contributed by atoms with van der Waals surface area (Å²) < 4.78 is 7.68. The van der Waals surface area contributed by atoms with Crippen molar-refractivity contribution in [3.63, 3.8) is 0 Å². The van der Waals surface area contributed by atoms with Gasteiger partial charge in [-0.3, -0.25) is 4.79 Å². The van der Waals surface area contributed by atoms with Gasteiger partial charge in [-0.15, -0.1) is 0 Å². The van der Waals surface area contributed by atoms with Crippen molar-refractivity contribution < 1.29 is 9.53 Å². The van der Waals surface area contributed by atoms with Crippen molar-refractivity contribution in [2.24, 2.45) is 0 Å². The summed E-state index contributed by atoms with van der Waals surface area (Å²) in [6.07, 6.45) is 2.19. The molecule has 150 valence electrons. The maximum atomic E-state index is 12.8. The zero-order valence-electron chi connectivity index (χ0n) is 16.8. The predicted octanol–water partition coefficient (Wildman–Crippen LogP) is 5.36. The van der Waals surface area contributed by atoms with Gasteiger partial charge in [0.2, 0.25) is 5.78 Å². The number of aromatic nitrogens is 1. The third-order valence-corrected chi connectivity index (χ3v) is 5.13. The number of hydrogen-bond acceptors (Lipinski definition) is 4. The number of para-hydroxylation sites is 1. The number of fused-ring (bicyclic) bond motifs is 1. The third kappa shape index (κ3) is 4.32. The van der Waals surface area contributed by atoms with Crippen LogP contribution in [-0.2, 0) is 6.54 Å². The Labute approximate surface area is 180 Å². The largest absolute Gasteiger partial charge is 0.485 e. The fourth-order valence-corrected chi connectivity index (χ4v) is 3.53. The minimum absolute atomic E-state index is 0.0670. The molecule has 0 aliphatic heterocycles. The minimum atomic E-state index is -0.108. The summed E-state index contributed by atoms with van der Waals surface area (Å²) in [5.74, 6) is 0.502. The van der Waals surface area contributed by atoms with Crippen LogP contribution in [-0.4, -0.2) is 17.0 Å². The van der Waals surface area contributed by atoms with E-state index in [2.05, 4.69) is 12.1 Å². The normalized spacial score (nSPS) is 10.4. The number of hydrogen-bond donors (Lipinski definition) is 0. The van der Waals surface area contributed by atoms with E-state index in [1.807, 2.05) is 71.4 Å². The lowest BCUT2D eigenvalue weighted by molar-refractivity contribution is 0.0923. The molecule has 0 fully saturated rings. The number of nitrogens with zero attached hydrogens (tertiary/aromatic N) is 3. The van der Waals surface area contributed by atoms with Gasteiger partial charge < -0.3 is 9.30 Å². The van der Waals surface area contributed by atoms with Gasteiger partial charge in [-0.05, 0) is 41.5 Å². The van der Waals surface area contributed by atoms with Crippen molar-refractivity contribution in [3.8, 4) is 29.0 Å². The van der Waals surface area contributed by atoms with Crippen LogP contribution in [0.2, 0.25) is 0 Å². The molecule has 31 heavy (non-hydrogen) atoms. The second kappa shape index (κ2) is 8.98. The molecule has 0 saturated carbocycles. The molecule has 0 atom stereocenters. The van der Waals surface area contributed by atoms with Crippen LogP contribution in [0.1, 0.15) is 22.3 Å². The van der Waals surface area contributed by atoms with Crippen LogP contribution in [0, 0.1) is 22.7 Å². The Balaban J connectivity index is 1.46. The molecule has 0 spiro atoms. The summed E-state index contributed by atoms with van der Waals surface area (Å²) >= 11 is 0. The molecule has 0 saturated heterocycles. The van der Waals surface area contributed by atoms with Gasteiger partial charge in [0.25, 0.3) is 0 Å². The van der Waals surface area contributed by atoms with Crippen molar-refractivity contribution >= 4 is 16.7 Å². The highest BCUT2D eigenvalue weighted by atomic mass is 16.5. The molecule has 5 nitrogen and oxygen atoms in total. The van der Waals surface area contributed by atoms with Gasteiger partial charge in [-0.1, -0.05) is 42.5 Å². The maximum Gasteiger partial charge on any atom is 0.202 e. The van der Waals surface area contributed by atoms with Crippen molar-refractivity contribution in [1.29, 1.82) is 10.5 Å². The fourth-order valence-electron chi connectivity index (χ4n) is 3.53. The molecule has 0 N–H and O–H groups in total. The SMILES string of the molecule is N#CCCn1cc(C(=O)COc2ccc(-c3ccc(C#N)cc3)cc2)c2ccccc21. The maximum absolute atomic E-state index is 12.8. The van der Waals surface area contributed by atoms with Crippen LogP contribution in [0.4, 0.5) is 0 Å². The van der Waals surface area contributed by atoms with Crippen molar-refractivity contribution in [1.82, 2.24) is 4.57 Å². The number of aryl methyl sites for hydroxylation is 1. The number of rotatable bonds is 7. The molecule has 0 radical (unpaired) electrons. The van der Waals surface area contributed by atoms with Crippen LogP contribution >= 0.6 is 0 Å². The number of benzene rings is 3. The Bertz CT molecular complexity index is 1300. The zero-order valence-corrected chi connectivity index (χ0v) is 16.8. The molecular weight excluding hydrogens is 386 g/mol. The summed E-state index contributed by atoms with van der Waals surface area (Å²) in [4.78, 5) is 12.8. The van der Waals surface area contributed by atoms with Crippen LogP contribution in [0.15, 0.2) is 79.0 Å². The Kier molecular flexibility index (Phi) is 5.78. The van der Waals surface area contributed by atoms with Crippen LogP contribution in [0.3, 0.4) is 0 Å². The van der Waals surface area contributed by atoms with Gasteiger partial charge in [0, 0.05) is 29.2 Å². The van der Waals surface area contributed by atoms with E-state index < -0.39 is 0 Å². The number of Topliss-reactive ketones (excluding diaryl/α,β-unsaturated/α-hetero) is 1. The van der Waals surface area contributed by atoms with E-state index in [1.165, 1.54) is 0 Å². The van der Waals surface area contributed by atoms with Crippen molar-refractivity contribution in [2.75, 3.05) is 6.61 Å². The van der Waals surface area contributed by atoms with E-state index in [-0.39, 0.29) is 12.4 Å². The molecule has 3 aromatic carbocycles. The van der Waals surface area contributed by atoms with Gasteiger partial charge in [-0.25, -0.2) is 0 Å². The first-order chi connectivity index (χ1) is 15.2. The number of carbonyl (C=O) groups excluding carboxylic acids is 1. The first kappa shape index (κ1) is 19.9. The molecule has 1 aromatic heterocycles. The van der Waals surface area contributed by atoms with E-state index in [0.717, 1.165) is 22.0 Å². The van der Waals surface area contributed by atoms with E-state index in [1.54, 1.807) is 12.1 Å². The Morgan fingerprint density at radius 1 is 0.903 bits per heavy atom. The molecule has 0 unspecified atom stereocenters. The number of nitriles is 2. The summed E-state index contributed by atoms with van der Waals surface area (Å²) in [5, 5.41) is 18.7. The molecule has 0 aliphatic rings. The average Bonchev–Trinajstić information content (AvgIpc) is 3.20. The standard InChI is InChI=1S/C26H19N3O2/c27-14-3-15-29-17-24(23-4-1-2-5-25(23)29)26(30)18-31-22-12-10-21(11-13-22)20-8-6-19(16-28)7-9-20/h1-2,4-13,17H,3,15,18H2. The van der Waals surface area contributed by atoms with Gasteiger partial charge in [0.1, 0.15) is 5.75 Å². The molecule has 0 aliphatic carbocycles. The molecule has 4 aromatic rings.